The molecule has 12 aromatic rings. The summed E-state index contributed by atoms with van der Waals surface area (Å²) in [5.74, 6) is 1.72. The molecule has 0 fully saturated rings. The van der Waals surface area contributed by atoms with Gasteiger partial charge in [-0.25, -0.2) is 15.0 Å². The Morgan fingerprint density at radius 1 is 0.263 bits per heavy atom. The van der Waals surface area contributed by atoms with Crippen molar-refractivity contribution in [3.8, 4) is 56.4 Å². The van der Waals surface area contributed by atoms with Gasteiger partial charge in [0.05, 0.1) is 0 Å². The van der Waals surface area contributed by atoms with Crippen molar-refractivity contribution in [2.75, 3.05) is 0 Å². The summed E-state index contributed by atoms with van der Waals surface area (Å²) in [7, 11) is 0. The zero-order valence-corrected chi connectivity index (χ0v) is 30.3. The van der Waals surface area contributed by atoms with E-state index in [2.05, 4.69) is 97.1 Å². The summed E-state index contributed by atoms with van der Waals surface area (Å²) < 4.78 is 18.7. The highest BCUT2D eigenvalue weighted by Crippen LogP contribution is 2.40. The first-order valence-corrected chi connectivity index (χ1v) is 18.9. The molecule has 12 rings (SSSR count). The standard InChI is InChI=1S/C51H29N3O3/c1-4-19-40-36(13-1)46-34(16-8-22-43(46)55-40)30-25-27-31(28-26-30)49-52-50(54-51(53-49)39-18-10-24-45-48(39)38-15-3-6-21-42(38)57-45)33-12-7-11-32(29-33)35-17-9-23-44-47(35)37-14-2-5-20-41(37)56-44/h1-29H. The van der Waals surface area contributed by atoms with Crippen LogP contribution >= 0.6 is 0 Å². The van der Waals surface area contributed by atoms with Crippen molar-refractivity contribution >= 4 is 65.8 Å². The van der Waals surface area contributed by atoms with Crippen LogP contribution in [0.1, 0.15) is 0 Å². The van der Waals surface area contributed by atoms with Gasteiger partial charge in [0.25, 0.3) is 0 Å². The molecule has 0 unspecified atom stereocenters. The minimum atomic E-state index is 0.569. The van der Waals surface area contributed by atoms with Crippen LogP contribution in [0.5, 0.6) is 0 Å². The maximum Gasteiger partial charge on any atom is 0.164 e. The van der Waals surface area contributed by atoms with Crippen LogP contribution in [0.15, 0.2) is 189 Å². The number of hydrogen-bond acceptors (Lipinski definition) is 6. The predicted octanol–water partition coefficient (Wildman–Crippen LogP) is 13.9. The molecule has 0 amide bonds. The Morgan fingerprint density at radius 3 is 1.21 bits per heavy atom. The summed E-state index contributed by atoms with van der Waals surface area (Å²) in [6, 6.07) is 59.8. The van der Waals surface area contributed by atoms with Crippen LogP contribution in [0, 0.1) is 0 Å². The predicted molar refractivity (Wildman–Crippen MR) is 229 cm³/mol. The summed E-state index contributed by atoms with van der Waals surface area (Å²) in [6.45, 7) is 0. The molecule has 0 N–H and O–H groups in total. The molecule has 57 heavy (non-hydrogen) atoms. The smallest absolute Gasteiger partial charge is 0.164 e. The van der Waals surface area contributed by atoms with Crippen LogP contribution in [-0.4, -0.2) is 15.0 Å². The molecule has 0 saturated heterocycles. The third kappa shape index (κ3) is 5.01. The first-order valence-electron chi connectivity index (χ1n) is 18.9. The number of aromatic nitrogens is 3. The van der Waals surface area contributed by atoms with Gasteiger partial charge < -0.3 is 13.3 Å². The first-order chi connectivity index (χ1) is 28.2. The third-order valence-corrected chi connectivity index (χ3v) is 11.0. The molecule has 266 valence electrons. The van der Waals surface area contributed by atoms with Crippen molar-refractivity contribution < 1.29 is 13.3 Å². The average Bonchev–Trinajstić information content (AvgIpc) is 3.98. The lowest BCUT2D eigenvalue weighted by Crippen LogP contribution is -2.00. The van der Waals surface area contributed by atoms with E-state index in [0.29, 0.717) is 17.5 Å². The van der Waals surface area contributed by atoms with Crippen LogP contribution < -0.4 is 0 Å². The van der Waals surface area contributed by atoms with Crippen LogP contribution in [0.4, 0.5) is 0 Å². The molecule has 0 atom stereocenters. The summed E-state index contributed by atoms with van der Waals surface area (Å²) in [5, 5.41) is 6.35. The Labute approximate surface area is 325 Å². The largest absolute Gasteiger partial charge is 0.456 e. The molecular formula is C51H29N3O3. The highest BCUT2D eigenvalue weighted by molar-refractivity contribution is 6.14. The zero-order valence-electron chi connectivity index (χ0n) is 30.3. The Kier molecular flexibility index (Phi) is 6.83. The lowest BCUT2D eigenvalue weighted by atomic mass is 9.97. The molecule has 0 spiro atoms. The van der Waals surface area contributed by atoms with E-state index in [1.807, 2.05) is 78.9 Å². The van der Waals surface area contributed by atoms with Crippen molar-refractivity contribution in [1.82, 2.24) is 15.0 Å². The number of fused-ring (bicyclic) bond motifs is 9. The molecule has 0 aliphatic rings. The van der Waals surface area contributed by atoms with Crippen LogP contribution in [-0.2, 0) is 0 Å². The summed E-state index contributed by atoms with van der Waals surface area (Å²) in [6.07, 6.45) is 0. The number of furan rings is 3. The fourth-order valence-corrected chi connectivity index (χ4v) is 8.37. The van der Waals surface area contributed by atoms with Crippen molar-refractivity contribution in [1.29, 1.82) is 0 Å². The summed E-state index contributed by atoms with van der Waals surface area (Å²) in [5.41, 5.74) is 12.0. The van der Waals surface area contributed by atoms with Crippen molar-refractivity contribution in [2.24, 2.45) is 0 Å². The fourth-order valence-electron chi connectivity index (χ4n) is 8.37. The van der Waals surface area contributed by atoms with Gasteiger partial charge in [0.1, 0.15) is 33.5 Å². The Hall–Kier alpha value is -7.83. The Morgan fingerprint density at radius 2 is 0.649 bits per heavy atom. The number of nitrogens with zero attached hydrogens (tertiary/aromatic N) is 3. The quantitative estimate of drug-likeness (QED) is 0.175. The van der Waals surface area contributed by atoms with E-state index in [0.717, 1.165) is 105 Å². The van der Waals surface area contributed by atoms with E-state index in [4.69, 9.17) is 28.2 Å². The maximum atomic E-state index is 6.29. The topological polar surface area (TPSA) is 78.1 Å². The van der Waals surface area contributed by atoms with Gasteiger partial charge in [-0.05, 0) is 64.7 Å². The van der Waals surface area contributed by atoms with Crippen LogP contribution in [0.2, 0.25) is 0 Å². The molecule has 4 heterocycles. The molecule has 0 saturated carbocycles. The van der Waals surface area contributed by atoms with Gasteiger partial charge in [-0.15, -0.1) is 0 Å². The second kappa shape index (κ2) is 12.3. The highest BCUT2D eigenvalue weighted by Gasteiger charge is 2.20. The van der Waals surface area contributed by atoms with E-state index in [1.165, 1.54) is 0 Å². The molecule has 6 nitrogen and oxygen atoms in total. The SMILES string of the molecule is c1cc(-c2nc(-c3ccc(-c4cccc5oc6ccccc6c45)cc3)nc(-c3cccc4oc5ccccc5c34)n2)cc(-c2cccc3oc4ccccc4c23)c1. The molecule has 0 bridgehead atoms. The van der Waals surface area contributed by atoms with Crippen molar-refractivity contribution in [3.05, 3.63) is 176 Å². The number of benzene rings is 8. The second-order valence-corrected chi connectivity index (χ2v) is 14.3. The summed E-state index contributed by atoms with van der Waals surface area (Å²) in [4.78, 5) is 15.6. The first kappa shape index (κ1) is 31.5. The monoisotopic (exact) mass is 731 g/mol. The second-order valence-electron chi connectivity index (χ2n) is 14.3. The molecule has 0 radical (unpaired) electrons. The van der Waals surface area contributed by atoms with Gasteiger partial charge in [0.15, 0.2) is 17.5 Å². The Balaban J connectivity index is 1.04. The van der Waals surface area contributed by atoms with E-state index in [9.17, 15) is 0 Å². The zero-order chi connectivity index (χ0) is 37.5. The van der Waals surface area contributed by atoms with Gasteiger partial charge in [0.2, 0.25) is 0 Å². The highest BCUT2D eigenvalue weighted by atomic mass is 16.3. The van der Waals surface area contributed by atoms with Gasteiger partial charge in [0, 0.05) is 49.0 Å². The molecule has 0 aliphatic carbocycles. The van der Waals surface area contributed by atoms with Gasteiger partial charge in [-0.2, -0.15) is 0 Å². The van der Waals surface area contributed by atoms with E-state index < -0.39 is 0 Å². The van der Waals surface area contributed by atoms with Crippen LogP contribution in [0.25, 0.3) is 122 Å². The minimum Gasteiger partial charge on any atom is -0.456 e. The normalized spacial score (nSPS) is 11.9. The van der Waals surface area contributed by atoms with E-state index >= 15 is 0 Å². The maximum absolute atomic E-state index is 6.29. The van der Waals surface area contributed by atoms with Crippen molar-refractivity contribution in [2.45, 2.75) is 0 Å². The average molecular weight is 732 g/mol. The summed E-state index contributed by atoms with van der Waals surface area (Å²) >= 11 is 0. The minimum absolute atomic E-state index is 0.569. The van der Waals surface area contributed by atoms with Crippen molar-refractivity contribution in [3.63, 3.8) is 0 Å². The Bertz CT molecular complexity index is 3540. The van der Waals surface area contributed by atoms with Crippen LogP contribution in [0.3, 0.4) is 0 Å². The molecular weight excluding hydrogens is 703 g/mol. The van der Waals surface area contributed by atoms with E-state index in [1.54, 1.807) is 0 Å². The third-order valence-electron chi connectivity index (χ3n) is 11.0. The molecule has 4 aromatic heterocycles. The molecule has 0 aliphatic heterocycles. The molecule has 6 heteroatoms. The van der Waals surface area contributed by atoms with Gasteiger partial charge >= 0.3 is 0 Å². The van der Waals surface area contributed by atoms with Gasteiger partial charge in [-0.3, -0.25) is 0 Å². The number of hydrogen-bond donors (Lipinski definition) is 0. The van der Waals surface area contributed by atoms with E-state index in [-0.39, 0.29) is 0 Å². The number of para-hydroxylation sites is 3. The lowest BCUT2D eigenvalue weighted by Gasteiger charge is -2.11. The number of rotatable bonds is 5. The fraction of sp³-hybridized carbons (Fsp3) is 0. The molecule has 8 aromatic carbocycles. The lowest BCUT2D eigenvalue weighted by molar-refractivity contribution is 0.668. The van der Waals surface area contributed by atoms with Gasteiger partial charge in [-0.1, -0.05) is 133 Å².